The summed E-state index contributed by atoms with van der Waals surface area (Å²) in [4.78, 5) is 32.4. The topological polar surface area (TPSA) is 82.9 Å². The second kappa shape index (κ2) is 11.7. The first kappa shape index (κ1) is 28.8. The number of methoxy groups -OCH3 is 1. The van der Waals surface area contributed by atoms with Crippen molar-refractivity contribution in [2.45, 2.75) is 24.1 Å². The minimum Gasteiger partial charge on any atom is -0.468 e. The Morgan fingerprint density at radius 1 is 0.864 bits per heavy atom. The number of hydrogen-bond donors (Lipinski definition) is 0. The van der Waals surface area contributed by atoms with Crippen LogP contribution < -0.4 is 4.90 Å². The number of nitrogens with zero attached hydrogens (tertiary/aromatic N) is 3. The summed E-state index contributed by atoms with van der Waals surface area (Å²) >= 11 is 0. The van der Waals surface area contributed by atoms with Crippen LogP contribution in [0.15, 0.2) is 115 Å². The molecule has 2 heterocycles. The Labute approximate surface area is 257 Å². The minimum absolute atomic E-state index is 0.542. The number of esters is 2. The summed E-state index contributed by atoms with van der Waals surface area (Å²) < 4.78 is 11.8. The van der Waals surface area contributed by atoms with Crippen LogP contribution in [0.5, 0.6) is 0 Å². The van der Waals surface area contributed by atoms with Gasteiger partial charge in [-0.05, 0) is 46.0 Å². The average molecular weight is 584 g/mol. The van der Waals surface area contributed by atoms with Gasteiger partial charge in [-0.3, -0.25) is 4.79 Å². The van der Waals surface area contributed by atoms with E-state index in [1.165, 1.54) is 7.11 Å². The molecule has 220 valence electrons. The van der Waals surface area contributed by atoms with Gasteiger partial charge < -0.3 is 19.3 Å². The van der Waals surface area contributed by atoms with E-state index in [1.54, 1.807) is 0 Å². The Bertz CT molecular complexity index is 1690. The van der Waals surface area contributed by atoms with E-state index < -0.39 is 41.5 Å². The summed E-state index contributed by atoms with van der Waals surface area (Å²) in [5, 5.41) is 11.0. The molecule has 0 amide bonds. The van der Waals surface area contributed by atoms with Gasteiger partial charge in [0.15, 0.2) is 11.5 Å². The van der Waals surface area contributed by atoms with Crippen molar-refractivity contribution in [1.82, 2.24) is 4.90 Å². The molecule has 0 N–H and O–H groups in total. The normalized spacial score (nSPS) is 21.6. The van der Waals surface area contributed by atoms with Gasteiger partial charge in [0.1, 0.15) is 6.04 Å². The molecule has 0 bridgehead atoms. The lowest BCUT2D eigenvalue weighted by atomic mass is 9.67. The van der Waals surface area contributed by atoms with Crippen molar-refractivity contribution in [3.05, 3.63) is 143 Å². The molecule has 0 radical (unpaired) electrons. The minimum atomic E-state index is -1.76. The number of carbonyl (C=O) groups excluding carboxylic acids is 2. The van der Waals surface area contributed by atoms with E-state index >= 15 is 0 Å². The molecule has 4 aromatic carbocycles. The van der Waals surface area contributed by atoms with Gasteiger partial charge in [0, 0.05) is 31.9 Å². The lowest BCUT2D eigenvalue weighted by Gasteiger charge is -2.36. The molecule has 4 aromatic rings. The molecule has 2 aliphatic rings. The van der Waals surface area contributed by atoms with Gasteiger partial charge in [-0.1, -0.05) is 97.1 Å². The van der Waals surface area contributed by atoms with Crippen LogP contribution in [0.3, 0.4) is 0 Å². The Hall–Kier alpha value is -5.35. The molecular formula is C37H33N3O4. The molecule has 0 aromatic heterocycles. The lowest BCUT2D eigenvalue weighted by Crippen LogP contribution is -2.41. The highest BCUT2D eigenvalue weighted by Gasteiger charge is 2.68. The molecule has 6 rings (SSSR count). The van der Waals surface area contributed by atoms with E-state index in [-0.39, 0.29) is 0 Å². The van der Waals surface area contributed by atoms with Crippen LogP contribution in [-0.4, -0.2) is 44.1 Å². The van der Waals surface area contributed by atoms with E-state index in [1.807, 2.05) is 145 Å². The Morgan fingerprint density at radius 3 is 2.02 bits per heavy atom. The first-order valence-corrected chi connectivity index (χ1v) is 14.5. The summed E-state index contributed by atoms with van der Waals surface area (Å²) in [6.07, 6.45) is 3.02. The van der Waals surface area contributed by atoms with Crippen LogP contribution in [0.4, 0.5) is 5.69 Å². The highest BCUT2D eigenvalue weighted by molar-refractivity contribution is 5.90. The molecule has 1 saturated heterocycles. The van der Waals surface area contributed by atoms with Crippen LogP contribution in [0.25, 0.3) is 6.08 Å². The van der Waals surface area contributed by atoms with Crippen LogP contribution in [0, 0.1) is 16.7 Å². The van der Waals surface area contributed by atoms with E-state index in [0.717, 1.165) is 27.9 Å². The molecular weight excluding hydrogens is 550 g/mol. The fourth-order valence-corrected chi connectivity index (χ4v) is 6.69. The summed E-state index contributed by atoms with van der Waals surface area (Å²) in [6, 6.07) is 35.0. The Kier molecular flexibility index (Phi) is 7.67. The van der Waals surface area contributed by atoms with Gasteiger partial charge >= 0.3 is 11.9 Å². The second-order valence-corrected chi connectivity index (χ2v) is 11.3. The van der Waals surface area contributed by atoms with Crippen LogP contribution in [0.2, 0.25) is 0 Å². The molecule has 0 aliphatic carbocycles. The number of carbonyl (C=O) groups is 2. The third kappa shape index (κ3) is 4.69. The third-order valence-electron chi connectivity index (χ3n) is 8.73. The van der Waals surface area contributed by atoms with Gasteiger partial charge in [0.05, 0.1) is 19.2 Å². The molecule has 0 unspecified atom stereocenters. The average Bonchev–Trinajstić information content (AvgIpc) is 3.39. The van der Waals surface area contributed by atoms with Crippen LogP contribution in [0.1, 0.15) is 45.9 Å². The molecule has 2 aliphatic heterocycles. The molecule has 0 saturated carbocycles. The van der Waals surface area contributed by atoms with Gasteiger partial charge in [-0.2, -0.15) is 5.26 Å². The zero-order valence-corrected chi connectivity index (χ0v) is 24.8. The predicted molar refractivity (Wildman–Crippen MR) is 168 cm³/mol. The molecule has 4 atom stereocenters. The van der Waals surface area contributed by atoms with Crippen molar-refractivity contribution in [2.24, 2.45) is 5.41 Å². The summed E-state index contributed by atoms with van der Waals surface area (Å²) in [7, 11) is 5.16. The van der Waals surface area contributed by atoms with E-state index in [0.29, 0.717) is 5.56 Å². The third-order valence-corrected chi connectivity index (χ3v) is 8.73. The number of ether oxygens (including phenoxy) is 2. The maximum Gasteiger partial charge on any atom is 0.330 e. The fourth-order valence-electron chi connectivity index (χ4n) is 6.69. The van der Waals surface area contributed by atoms with Gasteiger partial charge in [0.2, 0.25) is 0 Å². The first-order chi connectivity index (χ1) is 21.4. The lowest BCUT2D eigenvalue weighted by molar-refractivity contribution is -0.153. The standard InChI is InChI=1S/C37H33N3O4/c1-39(2)29-20-18-26(19-21-29)31-32(35(41)44-33(27-13-6-4-7-14-27)28-15-8-5-9-16-28)40-23-22-25-12-10-11-17-30(25)34(40)37(31,24-38)36(42)43-3/h4-23,31-34H,1-3H3/t31-,32+,34-,37+/m1/s1. The molecule has 7 nitrogen and oxygen atoms in total. The molecule has 44 heavy (non-hydrogen) atoms. The van der Waals surface area contributed by atoms with Crippen molar-refractivity contribution in [2.75, 3.05) is 26.1 Å². The number of fused-ring (bicyclic) bond motifs is 3. The number of benzene rings is 4. The predicted octanol–water partition coefficient (Wildman–Crippen LogP) is 6.26. The van der Waals surface area contributed by atoms with Crippen LogP contribution in [-0.2, 0) is 19.1 Å². The van der Waals surface area contributed by atoms with Crippen molar-refractivity contribution in [3.8, 4) is 6.07 Å². The smallest absolute Gasteiger partial charge is 0.330 e. The van der Waals surface area contributed by atoms with Crippen molar-refractivity contribution in [1.29, 1.82) is 5.26 Å². The van der Waals surface area contributed by atoms with Crippen molar-refractivity contribution < 1.29 is 19.1 Å². The zero-order valence-electron chi connectivity index (χ0n) is 24.8. The fraction of sp³-hybridized carbons (Fsp3) is 0.216. The largest absolute Gasteiger partial charge is 0.468 e. The SMILES string of the molecule is COC(=O)[C@@]1(C#N)[C@H](c2ccc(N(C)C)cc2)[C@@H](C(=O)OC(c2ccccc2)c2ccccc2)N2C=Cc3ccccc3[C@@H]21. The van der Waals surface area contributed by atoms with E-state index in [2.05, 4.69) is 6.07 Å². The summed E-state index contributed by atoms with van der Waals surface area (Å²) in [5.41, 5.74) is 3.13. The number of hydrogen-bond acceptors (Lipinski definition) is 7. The van der Waals surface area contributed by atoms with Gasteiger partial charge in [-0.15, -0.1) is 0 Å². The molecule has 7 heteroatoms. The Balaban J connectivity index is 1.54. The maximum atomic E-state index is 14.7. The maximum absolute atomic E-state index is 14.7. The zero-order chi connectivity index (χ0) is 30.8. The molecule has 1 fully saturated rings. The number of anilines is 1. The highest BCUT2D eigenvalue weighted by Crippen LogP contribution is 2.60. The second-order valence-electron chi connectivity index (χ2n) is 11.3. The van der Waals surface area contributed by atoms with Crippen molar-refractivity contribution >= 4 is 23.7 Å². The summed E-state index contributed by atoms with van der Waals surface area (Å²) in [6.45, 7) is 0. The number of nitriles is 1. The Morgan fingerprint density at radius 2 is 1.45 bits per heavy atom. The number of rotatable bonds is 7. The first-order valence-electron chi connectivity index (χ1n) is 14.5. The van der Waals surface area contributed by atoms with Gasteiger partial charge in [-0.25, -0.2) is 4.79 Å². The summed E-state index contributed by atoms with van der Waals surface area (Å²) in [5.74, 6) is -2.14. The molecule has 0 spiro atoms. The van der Waals surface area contributed by atoms with Crippen LogP contribution >= 0.6 is 0 Å². The van der Waals surface area contributed by atoms with E-state index in [9.17, 15) is 14.9 Å². The quantitative estimate of drug-likeness (QED) is 0.238. The monoisotopic (exact) mass is 583 g/mol. The highest BCUT2D eigenvalue weighted by atomic mass is 16.5. The van der Waals surface area contributed by atoms with E-state index in [4.69, 9.17) is 9.47 Å². The van der Waals surface area contributed by atoms with Crippen molar-refractivity contribution in [3.63, 3.8) is 0 Å². The van der Waals surface area contributed by atoms with Gasteiger partial charge in [0.25, 0.3) is 0 Å².